The summed E-state index contributed by atoms with van der Waals surface area (Å²) in [5.74, 6) is -1.56. The number of hydrogen-bond acceptors (Lipinski definition) is 6. The van der Waals surface area contributed by atoms with Crippen molar-refractivity contribution in [1.82, 2.24) is 4.90 Å². The van der Waals surface area contributed by atoms with Gasteiger partial charge in [0.15, 0.2) is 0 Å². The number of likely N-dealkylation sites (tertiary alicyclic amines) is 1. The van der Waals surface area contributed by atoms with Crippen LogP contribution in [-0.4, -0.2) is 41.9 Å². The number of carbonyl (C=O) groups is 3. The third-order valence-corrected chi connectivity index (χ3v) is 6.74. The van der Waals surface area contributed by atoms with E-state index >= 15 is 0 Å². The molecule has 1 aliphatic heterocycles. The minimum Gasteiger partial charge on any atom is -0.507 e. The Hall–Kier alpha value is -4.91. The summed E-state index contributed by atoms with van der Waals surface area (Å²) >= 11 is 0. The fourth-order valence-corrected chi connectivity index (χ4v) is 4.81. The van der Waals surface area contributed by atoms with Crippen molar-refractivity contribution in [3.8, 4) is 5.75 Å². The number of carbonyl (C=O) groups excluding carboxylic acids is 3. The Morgan fingerprint density at radius 2 is 1.55 bits per heavy atom. The average Bonchev–Trinajstić information content (AvgIpc) is 3.21. The van der Waals surface area contributed by atoms with E-state index in [9.17, 15) is 19.5 Å². The van der Waals surface area contributed by atoms with Crippen LogP contribution in [0.3, 0.4) is 0 Å². The Morgan fingerprint density at radius 1 is 0.868 bits per heavy atom. The van der Waals surface area contributed by atoms with Gasteiger partial charge in [0.25, 0.3) is 11.7 Å². The number of hydrogen-bond donors (Lipinski definition) is 1. The highest BCUT2D eigenvalue weighted by Gasteiger charge is 2.46. The Balaban J connectivity index is 1.63. The van der Waals surface area contributed by atoms with E-state index in [2.05, 4.69) is 0 Å². The standard InChI is InChI=1S/C31H25NO6/c1-37-23-16-14-21(15-17-23)27-26(28(33)25-9-5-7-20-6-3-4-8-24(20)25)29(34)30(35)32(27)18-19-10-12-22(13-11-19)31(36)38-2/h3-17,27,33H,18H2,1-2H3/b28-26-. The van der Waals surface area contributed by atoms with E-state index < -0.39 is 23.7 Å². The van der Waals surface area contributed by atoms with Crippen LogP contribution in [0.15, 0.2) is 96.6 Å². The number of esters is 1. The number of rotatable bonds is 6. The summed E-state index contributed by atoms with van der Waals surface area (Å²) in [6.45, 7) is 0.0923. The van der Waals surface area contributed by atoms with Crippen LogP contribution >= 0.6 is 0 Å². The number of amides is 1. The maximum Gasteiger partial charge on any atom is 0.337 e. The number of aliphatic hydroxyl groups is 1. The molecule has 38 heavy (non-hydrogen) atoms. The SMILES string of the molecule is COC(=O)c1ccc(CN2C(=O)C(=O)/C(=C(\O)c3cccc4ccccc34)C2c2ccc(OC)cc2)cc1. The zero-order valence-corrected chi connectivity index (χ0v) is 20.9. The van der Waals surface area contributed by atoms with Crippen molar-refractivity contribution in [1.29, 1.82) is 0 Å². The first-order valence-corrected chi connectivity index (χ1v) is 12.0. The molecule has 0 saturated carbocycles. The first-order chi connectivity index (χ1) is 18.4. The van der Waals surface area contributed by atoms with E-state index in [1.54, 1.807) is 67.8 Å². The predicted octanol–water partition coefficient (Wildman–Crippen LogP) is 5.26. The van der Waals surface area contributed by atoms with Gasteiger partial charge in [-0.2, -0.15) is 0 Å². The van der Waals surface area contributed by atoms with Gasteiger partial charge in [-0.15, -0.1) is 0 Å². The Bertz CT molecular complexity index is 1570. The topological polar surface area (TPSA) is 93.1 Å². The summed E-state index contributed by atoms with van der Waals surface area (Å²) in [4.78, 5) is 40.1. The second-order valence-electron chi connectivity index (χ2n) is 8.92. The molecule has 0 radical (unpaired) electrons. The van der Waals surface area contributed by atoms with Gasteiger partial charge in [-0.25, -0.2) is 4.79 Å². The molecule has 1 unspecified atom stereocenters. The van der Waals surface area contributed by atoms with Crippen molar-refractivity contribution >= 4 is 34.2 Å². The number of fused-ring (bicyclic) bond motifs is 1. The smallest absolute Gasteiger partial charge is 0.337 e. The van der Waals surface area contributed by atoms with Gasteiger partial charge in [-0.1, -0.05) is 66.7 Å². The van der Waals surface area contributed by atoms with Gasteiger partial charge in [-0.05, 0) is 46.2 Å². The third kappa shape index (κ3) is 4.39. The lowest BCUT2D eigenvalue weighted by atomic mass is 9.93. The highest BCUT2D eigenvalue weighted by atomic mass is 16.5. The number of methoxy groups -OCH3 is 2. The van der Waals surface area contributed by atoms with Crippen LogP contribution in [0, 0.1) is 0 Å². The van der Waals surface area contributed by atoms with E-state index in [4.69, 9.17) is 9.47 Å². The van der Waals surface area contributed by atoms with Gasteiger partial charge < -0.3 is 19.5 Å². The zero-order valence-electron chi connectivity index (χ0n) is 20.9. The molecule has 1 aliphatic rings. The van der Waals surface area contributed by atoms with E-state index in [0.29, 0.717) is 28.0 Å². The summed E-state index contributed by atoms with van der Waals surface area (Å²) in [6.07, 6.45) is 0. The van der Waals surface area contributed by atoms with Crippen LogP contribution in [0.2, 0.25) is 0 Å². The maximum atomic E-state index is 13.5. The Labute approximate surface area is 219 Å². The average molecular weight is 508 g/mol. The molecule has 1 heterocycles. The van der Waals surface area contributed by atoms with Crippen molar-refractivity contribution < 1.29 is 29.0 Å². The molecule has 4 aromatic rings. The number of ketones is 1. The molecule has 1 fully saturated rings. The molecule has 4 aromatic carbocycles. The molecule has 5 rings (SSSR count). The molecule has 7 nitrogen and oxygen atoms in total. The number of aliphatic hydroxyl groups excluding tert-OH is 1. The molecule has 0 spiro atoms. The molecule has 1 amide bonds. The van der Waals surface area contributed by atoms with E-state index in [-0.39, 0.29) is 17.9 Å². The van der Waals surface area contributed by atoms with Crippen LogP contribution in [0.5, 0.6) is 5.75 Å². The summed E-state index contributed by atoms with van der Waals surface area (Å²) in [7, 11) is 2.86. The molecule has 1 saturated heterocycles. The van der Waals surface area contributed by atoms with Crippen LogP contribution < -0.4 is 4.74 Å². The van der Waals surface area contributed by atoms with Crippen molar-refractivity contribution in [2.75, 3.05) is 14.2 Å². The molecule has 1 N–H and O–H groups in total. The summed E-state index contributed by atoms with van der Waals surface area (Å²) in [6, 6.07) is 25.9. The van der Waals surface area contributed by atoms with Crippen molar-refractivity contribution in [3.63, 3.8) is 0 Å². The number of nitrogens with zero attached hydrogens (tertiary/aromatic N) is 1. The van der Waals surface area contributed by atoms with Gasteiger partial charge in [0.1, 0.15) is 11.5 Å². The molecule has 1 atom stereocenters. The zero-order chi connectivity index (χ0) is 26.8. The number of benzene rings is 4. The van der Waals surface area contributed by atoms with E-state index in [0.717, 1.165) is 10.8 Å². The van der Waals surface area contributed by atoms with Crippen LogP contribution in [0.25, 0.3) is 16.5 Å². The first-order valence-electron chi connectivity index (χ1n) is 12.0. The van der Waals surface area contributed by atoms with Crippen molar-refractivity contribution in [2.45, 2.75) is 12.6 Å². The normalized spacial score (nSPS) is 16.6. The summed E-state index contributed by atoms with van der Waals surface area (Å²) in [5, 5.41) is 13.2. The first kappa shape index (κ1) is 24.8. The predicted molar refractivity (Wildman–Crippen MR) is 143 cm³/mol. The summed E-state index contributed by atoms with van der Waals surface area (Å²) in [5.41, 5.74) is 2.23. The van der Waals surface area contributed by atoms with Crippen molar-refractivity contribution in [3.05, 3.63) is 119 Å². The number of ether oxygens (including phenoxy) is 2. The third-order valence-electron chi connectivity index (χ3n) is 6.74. The van der Waals surface area contributed by atoms with Crippen LogP contribution in [-0.2, 0) is 20.9 Å². The molecule has 0 aromatic heterocycles. The minimum atomic E-state index is -0.833. The van der Waals surface area contributed by atoms with Crippen molar-refractivity contribution in [2.24, 2.45) is 0 Å². The fourth-order valence-electron chi connectivity index (χ4n) is 4.81. The number of Topliss-reactive ketones (excluding diaryl/α,β-unsaturated/α-hetero) is 1. The quantitative estimate of drug-likeness (QED) is 0.166. The highest BCUT2D eigenvalue weighted by molar-refractivity contribution is 6.46. The van der Waals surface area contributed by atoms with Crippen LogP contribution in [0.4, 0.5) is 0 Å². The van der Waals surface area contributed by atoms with Gasteiger partial charge in [0.2, 0.25) is 0 Å². The van der Waals surface area contributed by atoms with Crippen LogP contribution in [0.1, 0.15) is 33.1 Å². The molecule has 190 valence electrons. The van der Waals surface area contributed by atoms with Gasteiger partial charge in [0.05, 0.1) is 31.4 Å². The Morgan fingerprint density at radius 3 is 2.24 bits per heavy atom. The van der Waals surface area contributed by atoms with Gasteiger partial charge in [0, 0.05) is 12.1 Å². The van der Waals surface area contributed by atoms with E-state index in [1.165, 1.54) is 12.0 Å². The molecule has 0 aliphatic carbocycles. The Kier molecular flexibility index (Phi) is 6.66. The molecular formula is C31H25NO6. The lowest BCUT2D eigenvalue weighted by Crippen LogP contribution is -2.29. The second-order valence-corrected chi connectivity index (χ2v) is 8.92. The highest BCUT2D eigenvalue weighted by Crippen LogP contribution is 2.41. The van der Waals surface area contributed by atoms with Gasteiger partial charge in [-0.3, -0.25) is 9.59 Å². The molecular weight excluding hydrogens is 482 g/mol. The molecule has 0 bridgehead atoms. The fraction of sp³-hybridized carbons (Fsp3) is 0.129. The lowest BCUT2D eigenvalue weighted by Gasteiger charge is -2.26. The summed E-state index contributed by atoms with van der Waals surface area (Å²) < 4.78 is 10.0. The maximum absolute atomic E-state index is 13.5. The van der Waals surface area contributed by atoms with Gasteiger partial charge >= 0.3 is 5.97 Å². The molecule has 7 heteroatoms. The second kappa shape index (κ2) is 10.2. The minimum absolute atomic E-state index is 0.0164. The largest absolute Gasteiger partial charge is 0.507 e. The van der Waals surface area contributed by atoms with E-state index in [1.807, 2.05) is 30.3 Å². The lowest BCUT2D eigenvalue weighted by molar-refractivity contribution is -0.140. The monoisotopic (exact) mass is 507 g/mol.